The number of aliphatic imine (C=N–C) groups is 1. The molecule has 1 fully saturated rings. The van der Waals surface area contributed by atoms with E-state index in [-0.39, 0.29) is 12.6 Å². The number of benzene rings is 1. The average molecular weight is 481 g/mol. The lowest BCUT2D eigenvalue weighted by atomic mass is 9.90. The maximum Gasteiger partial charge on any atom is 0.243 e. The highest BCUT2D eigenvalue weighted by Crippen LogP contribution is 2.49. The van der Waals surface area contributed by atoms with Gasteiger partial charge in [0.15, 0.2) is 0 Å². The van der Waals surface area contributed by atoms with Crippen LogP contribution in [0, 0.1) is 0 Å². The number of ether oxygens (including phenoxy) is 2. The number of aromatic nitrogens is 1. The third kappa shape index (κ3) is 2.96. The summed E-state index contributed by atoms with van der Waals surface area (Å²) in [6.45, 7) is 0.443. The number of H-pyrrole nitrogens is 1. The van der Waals surface area contributed by atoms with Crippen LogP contribution in [-0.2, 0) is 20.3 Å². The van der Waals surface area contributed by atoms with Crippen LogP contribution in [0.15, 0.2) is 35.3 Å². The van der Waals surface area contributed by atoms with Gasteiger partial charge in [0.05, 0.1) is 39.7 Å². The number of methoxy groups -OCH3 is 1. The Hall–Kier alpha value is -2.27. The van der Waals surface area contributed by atoms with E-state index in [2.05, 4.69) is 9.98 Å². The lowest BCUT2D eigenvalue weighted by Crippen LogP contribution is -2.60. The monoisotopic (exact) mass is 480 g/mol. The number of guanidine groups is 1. The number of hydrogen-bond acceptors (Lipinski definition) is 7. The number of rotatable bonds is 3. The van der Waals surface area contributed by atoms with Gasteiger partial charge < -0.3 is 20.2 Å². The number of hydrogen-bond donors (Lipinski definition) is 2. The van der Waals surface area contributed by atoms with Crippen molar-refractivity contribution in [3.8, 4) is 16.3 Å². The second-order valence-electron chi connectivity index (χ2n) is 7.63. The van der Waals surface area contributed by atoms with Gasteiger partial charge in [-0.25, -0.2) is 17.7 Å². The summed E-state index contributed by atoms with van der Waals surface area (Å²) in [5.74, 6) is 0.674. The first-order chi connectivity index (χ1) is 14.8. The molecule has 8 nitrogen and oxygen atoms in total. The highest BCUT2D eigenvalue weighted by atomic mass is 35.5. The van der Waals surface area contributed by atoms with Crippen LogP contribution in [0.3, 0.4) is 0 Å². The van der Waals surface area contributed by atoms with Crippen LogP contribution in [0.1, 0.15) is 11.3 Å². The Morgan fingerprint density at radius 1 is 1.42 bits per heavy atom. The molecule has 1 unspecified atom stereocenters. The van der Waals surface area contributed by atoms with Gasteiger partial charge in [-0.3, -0.25) is 0 Å². The molecule has 0 spiro atoms. The summed E-state index contributed by atoms with van der Waals surface area (Å²) in [4.78, 5) is 9.52. The summed E-state index contributed by atoms with van der Waals surface area (Å²) in [7, 11) is -0.649. The molecule has 1 aromatic carbocycles. The first-order valence-corrected chi connectivity index (χ1v) is 12.3. The third-order valence-electron chi connectivity index (χ3n) is 5.94. The largest absolute Gasteiger partial charge is 0.495 e. The molecule has 4 heterocycles. The fraction of sp³-hybridized carbons (Fsp3) is 0.350. The van der Waals surface area contributed by atoms with Gasteiger partial charge >= 0.3 is 0 Å². The number of thiophene rings is 1. The lowest BCUT2D eigenvalue weighted by Gasteiger charge is -2.45. The van der Waals surface area contributed by atoms with Crippen LogP contribution in [-0.4, -0.2) is 56.3 Å². The van der Waals surface area contributed by atoms with E-state index in [1.54, 1.807) is 7.11 Å². The Morgan fingerprint density at radius 2 is 2.23 bits per heavy atom. The number of fused-ring (bicyclic) bond motifs is 2. The highest BCUT2D eigenvalue weighted by molar-refractivity contribution is 7.90. The van der Waals surface area contributed by atoms with Crippen molar-refractivity contribution < 1.29 is 17.9 Å². The van der Waals surface area contributed by atoms with Gasteiger partial charge in [0.2, 0.25) is 16.0 Å². The zero-order valence-electron chi connectivity index (χ0n) is 16.9. The van der Waals surface area contributed by atoms with Crippen LogP contribution in [0.25, 0.3) is 21.5 Å². The topological polar surface area (TPSA) is 110 Å². The summed E-state index contributed by atoms with van der Waals surface area (Å²) in [5, 5.41) is 0.650. The van der Waals surface area contributed by atoms with E-state index in [0.29, 0.717) is 22.9 Å². The van der Waals surface area contributed by atoms with Crippen molar-refractivity contribution in [1.29, 1.82) is 0 Å². The first-order valence-electron chi connectivity index (χ1n) is 9.64. The van der Waals surface area contributed by atoms with Crippen molar-refractivity contribution in [2.45, 2.75) is 17.2 Å². The Balaban J connectivity index is 1.67. The number of halogens is 1. The van der Waals surface area contributed by atoms with E-state index in [4.69, 9.17) is 26.8 Å². The van der Waals surface area contributed by atoms with Crippen LogP contribution >= 0.6 is 22.9 Å². The molecule has 5 rings (SSSR count). The van der Waals surface area contributed by atoms with Gasteiger partial charge in [-0.15, -0.1) is 11.3 Å². The summed E-state index contributed by atoms with van der Waals surface area (Å²) in [6, 6.07) is 9.65. The van der Waals surface area contributed by atoms with Crippen molar-refractivity contribution >= 4 is 49.8 Å². The van der Waals surface area contributed by atoms with E-state index in [9.17, 15) is 8.42 Å². The van der Waals surface area contributed by atoms with Gasteiger partial charge in [0.25, 0.3) is 0 Å². The number of nitrogens with zero attached hydrogens (tertiary/aromatic N) is 2. The minimum absolute atomic E-state index is 0.0666. The van der Waals surface area contributed by atoms with E-state index in [1.807, 2.05) is 30.3 Å². The second kappa shape index (κ2) is 7.13. The van der Waals surface area contributed by atoms with E-state index >= 15 is 0 Å². The predicted molar refractivity (Wildman–Crippen MR) is 122 cm³/mol. The molecule has 0 bridgehead atoms. The summed E-state index contributed by atoms with van der Waals surface area (Å²) >= 11 is 8.07. The summed E-state index contributed by atoms with van der Waals surface area (Å²) in [6.07, 6.45) is 0.316. The molecule has 164 valence electrons. The molecule has 31 heavy (non-hydrogen) atoms. The molecule has 0 amide bonds. The predicted octanol–water partition coefficient (Wildman–Crippen LogP) is 3.13. The van der Waals surface area contributed by atoms with Gasteiger partial charge in [0.1, 0.15) is 16.5 Å². The molecule has 1 saturated heterocycles. The Kier molecular flexibility index (Phi) is 4.74. The molecule has 0 radical (unpaired) electrons. The van der Waals surface area contributed by atoms with Gasteiger partial charge in [-0.05, 0) is 24.6 Å². The maximum atomic E-state index is 13.2. The van der Waals surface area contributed by atoms with Crippen LogP contribution in [0.2, 0.25) is 5.02 Å². The van der Waals surface area contributed by atoms with Crippen LogP contribution < -0.4 is 10.5 Å². The molecular formula is C20H21ClN4O4S2. The third-order valence-corrected chi connectivity index (χ3v) is 9.98. The molecule has 3 N–H and O–H groups in total. The number of sulfonamides is 1. The maximum absolute atomic E-state index is 13.2. The standard InChI is InChI=1S/C20H21ClN4O4S2/c1-25-19(22)24-20(10-29-7-6-16(20)31(25,26)27)18-12(21)9-15(30-18)13-8-11-4-3-5-14(28-2)17(11)23-13/h3-5,8-9,16,23H,6-7,10H2,1-2H3,(H2,22,24)/t16?,20-/m0/s1. The quantitative estimate of drug-likeness (QED) is 0.598. The van der Waals surface area contributed by atoms with Crippen molar-refractivity contribution in [2.24, 2.45) is 10.7 Å². The van der Waals surface area contributed by atoms with Gasteiger partial charge in [0, 0.05) is 19.0 Å². The molecular weight excluding hydrogens is 460 g/mol. The molecule has 2 atom stereocenters. The fourth-order valence-corrected chi connectivity index (χ4v) is 7.87. The molecule has 2 aromatic heterocycles. The molecule has 3 aromatic rings. The van der Waals surface area contributed by atoms with Gasteiger partial charge in [-0.2, -0.15) is 0 Å². The van der Waals surface area contributed by atoms with Gasteiger partial charge in [-0.1, -0.05) is 23.7 Å². The Bertz CT molecular complexity index is 1320. The van der Waals surface area contributed by atoms with E-state index in [0.717, 1.165) is 31.5 Å². The number of para-hydroxylation sites is 1. The number of nitrogens with one attached hydrogen (secondary N) is 1. The second-order valence-corrected chi connectivity index (χ2v) is 11.2. The average Bonchev–Trinajstić information content (AvgIpc) is 3.36. The van der Waals surface area contributed by atoms with E-state index < -0.39 is 20.8 Å². The number of nitrogens with two attached hydrogens (primary N) is 1. The van der Waals surface area contributed by atoms with Crippen LogP contribution in [0.4, 0.5) is 0 Å². The molecule has 11 heteroatoms. The molecule has 2 aliphatic heterocycles. The van der Waals surface area contributed by atoms with Crippen molar-refractivity contribution in [2.75, 3.05) is 27.4 Å². The highest BCUT2D eigenvalue weighted by Gasteiger charge is 2.56. The number of aromatic amines is 1. The Morgan fingerprint density at radius 3 is 3.00 bits per heavy atom. The zero-order valence-corrected chi connectivity index (χ0v) is 19.3. The zero-order chi connectivity index (χ0) is 22.0. The molecule has 0 aliphatic carbocycles. The van der Waals surface area contributed by atoms with Crippen molar-refractivity contribution in [3.05, 3.63) is 40.2 Å². The minimum atomic E-state index is -3.70. The fourth-order valence-electron chi connectivity index (χ4n) is 4.34. The first kappa shape index (κ1) is 20.6. The summed E-state index contributed by atoms with van der Waals surface area (Å²) < 4.78 is 38.5. The SMILES string of the molecule is COc1cccc2cc(-c3cc(Cl)c([C@]45COCCC4S(=O)(=O)N(C)C(N)=N5)s3)[nH]c12. The van der Waals surface area contributed by atoms with Crippen molar-refractivity contribution in [1.82, 2.24) is 9.29 Å². The van der Waals surface area contributed by atoms with E-state index in [1.165, 1.54) is 18.4 Å². The van der Waals surface area contributed by atoms with Crippen molar-refractivity contribution in [3.63, 3.8) is 0 Å². The Labute approximate surface area is 188 Å². The van der Waals surface area contributed by atoms with Crippen LogP contribution in [0.5, 0.6) is 5.75 Å². The normalized spacial score (nSPS) is 25.3. The minimum Gasteiger partial charge on any atom is -0.495 e. The smallest absolute Gasteiger partial charge is 0.243 e. The molecule has 2 aliphatic rings. The summed E-state index contributed by atoms with van der Waals surface area (Å²) in [5.41, 5.74) is 6.59. The lowest BCUT2D eigenvalue weighted by molar-refractivity contribution is 0.0390. The molecule has 0 saturated carbocycles.